The van der Waals surface area contributed by atoms with E-state index in [1.54, 1.807) is 0 Å². The maximum absolute atomic E-state index is 12.1. The van der Waals surface area contributed by atoms with Crippen molar-refractivity contribution in [3.8, 4) is 17.9 Å². The quantitative estimate of drug-likeness (QED) is 0.0829. The SMILES string of the molecule is CCCCc1nn(-c2nc(O)nc(-n3nc(CCCC)c(N=Nc4[nH]ncc4C(=O)OC)c3N)n2)c(N)c1N=Nc1[nH]ncc1C(=O)OC. The van der Waals surface area contributed by atoms with E-state index in [4.69, 9.17) is 20.9 Å². The third-order valence-electron chi connectivity index (χ3n) is 6.99. The number of unbranched alkanes of at least 4 members (excludes halogenated alkanes) is 2. The number of carbonyl (C=O) groups is 2. The number of nitrogens with two attached hydrogens (primary N) is 2. The number of azo groups is 2. The maximum Gasteiger partial charge on any atom is 0.343 e. The molecule has 49 heavy (non-hydrogen) atoms. The van der Waals surface area contributed by atoms with Crippen LogP contribution in [0.1, 0.15) is 71.6 Å². The smallest absolute Gasteiger partial charge is 0.343 e. The molecule has 0 saturated heterocycles. The van der Waals surface area contributed by atoms with E-state index in [1.807, 2.05) is 13.8 Å². The fourth-order valence-corrected chi connectivity index (χ4v) is 4.45. The van der Waals surface area contributed by atoms with E-state index >= 15 is 0 Å². The van der Waals surface area contributed by atoms with Gasteiger partial charge in [-0.25, -0.2) is 9.59 Å². The molecule has 7 N–H and O–H groups in total. The topological polar surface area (TPSA) is 306 Å². The van der Waals surface area contributed by atoms with Gasteiger partial charge in [-0.05, 0) is 25.7 Å². The molecule has 0 bridgehead atoms. The summed E-state index contributed by atoms with van der Waals surface area (Å²) in [6, 6.07) is -0.679. The van der Waals surface area contributed by atoms with Gasteiger partial charge in [0.15, 0.2) is 34.6 Å². The van der Waals surface area contributed by atoms with Crippen LogP contribution >= 0.6 is 0 Å². The number of esters is 2. The molecule has 22 heteroatoms. The highest BCUT2D eigenvalue weighted by atomic mass is 16.5. The van der Waals surface area contributed by atoms with Gasteiger partial charge < -0.3 is 26.0 Å². The van der Waals surface area contributed by atoms with E-state index in [2.05, 4.69) is 66.0 Å². The van der Waals surface area contributed by atoms with E-state index < -0.39 is 17.9 Å². The summed E-state index contributed by atoms with van der Waals surface area (Å²) < 4.78 is 11.9. The van der Waals surface area contributed by atoms with Crippen molar-refractivity contribution in [2.45, 2.75) is 52.4 Å². The van der Waals surface area contributed by atoms with Crippen LogP contribution in [0.2, 0.25) is 0 Å². The molecule has 22 nitrogen and oxygen atoms in total. The number of aryl methyl sites for hydroxylation is 2. The number of aromatic hydroxyl groups is 1. The standard InChI is InChI=1S/C27H33N17O5/c1-5-7-9-15-17(35-39-21-13(11-30-37-21)23(45)48-3)19(28)43(41-15)25-32-26(34-27(47)33-25)44-20(29)18(16(42-44)10-8-6-2)36-40-22-14(12-31-38-22)24(46)49-4/h11-12H,5-10,28-29H2,1-4H3,(H,30,37)(H,31,38)(H,32,33,34,47). The largest absolute Gasteiger partial charge is 0.479 e. The molecule has 0 aliphatic carbocycles. The average molecular weight is 676 g/mol. The Labute approximate surface area is 277 Å². The predicted octanol–water partition coefficient (Wildman–Crippen LogP) is 3.65. The lowest BCUT2D eigenvalue weighted by Crippen LogP contribution is -2.13. The minimum atomic E-state index is -0.679. The summed E-state index contributed by atoms with van der Waals surface area (Å²) in [5, 5.41) is 49.3. The summed E-state index contributed by atoms with van der Waals surface area (Å²) in [6.07, 6.45) is 6.63. The Balaban J connectivity index is 1.56. The molecule has 0 aliphatic heterocycles. The lowest BCUT2D eigenvalue weighted by molar-refractivity contribution is 0.0592. The number of aromatic amines is 2. The first kappa shape index (κ1) is 33.7. The Morgan fingerprint density at radius 3 is 1.57 bits per heavy atom. The molecule has 0 aromatic carbocycles. The number of aromatic nitrogens is 11. The molecule has 0 saturated carbocycles. The summed E-state index contributed by atoms with van der Waals surface area (Å²) >= 11 is 0. The molecule has 5 rings (SSSR count). The molecule has 0 radical (unpaired) electrons. The summed E-state index contributed by atoms with van der Waals surface area (Å²) in [4.78, 5) is 36.6. The first-order valence-electron chi connectivity index (χ1n) is 15.0. The lowest BCUT2D eigenvalue weighted by atomic mass is 10.2. The van der Waals surface area contributed by atoms with Crippen LogP contribution < -0.4 is 11.5 Å². The number of H-pyrrole nitrogens is 2. The van der Waals surface area contributed by atoms with E-state index in [-0.39, 0.29) is 57.7 Å². The highest BCUT2D eigenvalue weighted by Crippen LogP contribution is 2.34. The van der Waals surface area contributed by atoms with Gasteiger partial charge in [0.05, 0.1) is 38.0 Å². The van der Waals surface area contributed by atoms with Gasteiger partial charge in [0.2, 0.25) is 0 Å². The number of hydrogen-bond donors (Lipinski definition) is 5. The van der Waals surface area contributed by atoms with Crippen LogP contribution in [0.25, 0.3) is 11.9 Å². The van der Waals surface area contributed by atoms with E-state index in [0.717, 1.165) is 25.7 Å². The van der Waals surface area contributed by atoms with Crippen molar-refractivity contribution in [3.63, 3.8) is 0 Å². The van der Waals surface area contributed by atoms with Gasteiger partial charge in [-0.1, -0.05) is 26.7 Å². The number of nitrogens with one attached hydrogen (secondary N) is 2. The number of rotatable bonds is 14. The van der Waals surface area contributed by atoms with Gasteiger partial charge in [-0.15, -0.1) is 20.5 Å². The molecule has 256 valence electrons. The van der Waals surface area contributed by atoms with E-state index in [1.165, 1.54) is 36.0 Å². The van der Waals surface area contributed by atoms with Crippen molar-refractivity contribution in [1.29, 1.82) is 0 Å². The number of methoxy groups -OCH3 is 2. The first-order chi connectivity index (χ1) is 23.7. The van der Waals surface area contributed by atoms with Crippen LogP contribution in [0.5, 0.6) is 6.01 Å². The van der Waals surface area contributed by atoms with Crippen LogP contribution in [0.15, 0.2) is 32.9 Å². The molecule has 5 aromatic heterocycles. The molecular formula is C27H33N17O5. The number of hydrogen-bond acceptors (Lipinski definition) is 18. The summed E-state index contributed by atoms with van der Waals surface area (Å²) in [5.74, 6) is -1.59. The second-order valence-corrected chi connectivity index (χ2v) is 10.3. The second kappa shape index (κ2) is 14.9. The maximum atomic E-state index is 12.1. The molecule has 0 unspecified atom stereocenters. The zero-order valence-corrected chi connectivity index (χ0v) is 26.9. The summed E-state index contributed by atoms with van der Waals surface area (Å²) in [5.41, 5.74) is 14.4. The number of nitrogen functional groups attached to an aromatic ring is 2. The Bertz CT molecular complexity index is 1880. The number of carbonyl (C=O) groups excluding carboxylic acids is 2. The third-order valence-corrected chi connectivity index (χ3v) is 6.99. The lowest BCUT2D eigenvalue weighted by Gasteiger charge is -2.06. The molecule has 0 amide bonds. The van der Waals surface area contributed by atoms with Crippen LogP contribution in [0.4, 0.5) is 34.6 Å². The van der Waals surface area contributed by atoms with E-state index in [9.17, 15) is 14.7 Å². The molecular weight excluding hydrogens is 642 g/mol. The second-order valence-electron chi connectivity index (χ2n) is 10.3. The fraction of sp³-hybridized carbons (Fsp3) is 0.370. The van der Waals surface area contributed by atoms with Crippen LogP contribution in [0, 0.1) is 0 Å². The minimum absolute atomic E-state index is 0.0157. The van der Waals surface area contributed by atoms with Crippen LogP contribution in [0.3, 0.4) is 0 Å². The molecule has 0 fully saturated rings. The van der Waals surface area contributed by atoms with Gasteiger partial charge in [0, 0.05) is 0 Å². The Hall–Kier alpha value is -6.61. The van der Waals surface area contributed by atoms with Crippen molar-refractivity contribution in [1.82, 2.24) is 54.9 Å². The Morgan fingerprint density at radius 1 is 0.755 bits per heavy atom. The molecule has 5 heterocycles. The van der Waals surface area contributed by atoms with Crippen LogP contribution in [-0.2, 0) is 22.3 Å². The van der Waals surface area contributed by atoms with E-state index in [0.29, 0.717) is 24.2 Å². The van der Waals surface area contributed by atoms with Crippen molar-refractivity contribution in [2.75, 3.05) is 25.7 Å². The van der Waals surface area contributed by atoms with Gasteiger partial charge in [-0.3, -0.25) is 10.2 Å². The van der Waals surface area contributed by atoms with Crippen molar-refractivity contribution < 1.29 is 24.2 Å². The number of nitrogens with zero attached hydrogens (tertiary/aromatic N) is 13. The molecule has 0 spiro atoms. The van der Waals surface area contributed by atoms with Crippen molar-refractivity contribution >= 4 is 46.6 Å². The Morgan fingerprint density at radius 2 is 1.18 bits per heavy atom. The Kier molecular flexibility index (Phi) is 10.2. The fourth-order valence-electron chi connectivity index (χ4n) is 4.45. The summed E-state index contributed by atoms with van der Waals surface area (Å²) in [6.45, 7) is 4.02. The van der Waals surface area contributed by atoms with Gasteiger partial charge in [0.1, 0.15) is 11.1 Å². The van der Waals surface area contributed by atoms with Gasteiger partial charge in [-0.2, -0.15) is 44.7 Å². The predicted molar refractivity (Wildman–Crippen MR) is 170 cm³/mol. The van der Waals surface area contributed by atoms with Crippen molar-refractivity contribution in [2.24, 2.45) is 20.5 Å². The molecule has 0 aliphatic rings. The van der Waals surface area contributed by atoms with Gasteiger partial charge >= 0.3 is 17.9 Å². The molecule has 5 aromatic rings. The highest BCUT2D eigenvalue weighted by molar-refractivity contribution is 5.94. The van der Waals surface area contributed by atoms with Crippen LogP contribution in [-0.4, -0.2) is 86.2 Å². The normalized spacial score (nSPS) is 11.6. The molecule has 0 atom stereocenters. The number of ether oxygens (including phenoxy) is 2. The average Bonchev–Trinajstić information content (AvgIpc) is 3.89. The van der Waals surface area contributed by atoms with Crippen molar-refractivity contribution in [3.05, 3.63) is 34.9 Å². The summed E-state index contributed by atoms with van der Waals surface area (Å²) in [7, 11) is 2.47. The monoisotopic (exact) mass is 675 g/mol. The zero-order chi connectivity index (χ0) is 35.1. The number of anilines is 2. The first-order valence-corrected chi connectivity index (χ1v) is 15.0. The highest BCUT2D eigenvalue weighted by Gasteiger charge is 2.24. The minimum Gasteiger partial charge on any atom is -0.479 e. The third kappa shape index (κ3) is 7.06. The van der Waals surface area contributed by atoms with Gasteiger partial charge in [0.25, 0.3) is 11.9 Å². The zero-order valence-electron chi connectivity index (χ0n) is 26.9.